The monoisotopic (exact) mass is 392 g/mol. The lowest BCUT2D eigenvalue weighted by molar-refractivity contribution is -0.145. The Bertz CT molecular complexity index is 707. The van der Waals surface area contributed by atoms with Gasteiger partial charge in [0.1, 0.15) is 6.54 Å². The molecule has 2 rings (SSSR count). The predicted octanol–water partition coefficient (Wildman–Crippen LogP) is 2.71. The fraction of sp³-hybridized carbons (Fsp3) is 0.550. The van der Waals surface area contributed by atoms with Crippen LogP contribution in [-0.2, 0) is 14.4 Å². The van der Waals surface area contributed by atoms with E-state index in [1.807, 2.05) is 4.90 Å². The van der Waals surface area contributed by atoms with Crippen LogP contribution in [0.4, 0.5) is 0 Å². The topological polar surface area (TPSA) is 77.9 Å². The van der Waals surface area contributed by atoms with Crippen LogP contribution in [0.5, 0.6) is 0 Å². The van der Waals surface area contributed by atoms with Gasteiger partial charge in [-0.15, -0.1) is 11.8 Å². The number of hydrogen-bond donors (Lipinski definition) is 1. The molecule has 1 aliphatic heterocycles. The first-order valence-electron chi connectivity index (χ1n) is 9.24. The lowest BCUT2D eigenvalue weighted by atomic mass is 10.1. The van der Waals surface area contributed by atoms with Crippen LogP contribution < -0.4 is 0 Å². The number of carbonyl (C=O) groups is 3. The van der Waals surface area contributed by atoms with E-state index in [9.17, 15) is 14.4 Å². The molecule has 0 aromatic heterocycles. The van der Waals surface area contributed by atoms with Crippen LogP contribution in [0, 0.1) is 13.8 Å². The summed E-state index contributed by atoms with van der Waals surface area (Å²) in [6.45, 7) is 6.43. The molecule has 6 nitrogen and oxygen atoms in total. The van der Waals surface area contributed by atoms with Crippen LogP contribution in [0.1, 0.15) is 37.3 Å². The van der Waals surface area contributed by atoms with Crippen LogP contribution in [0.3, 0.4) is 0 Å². The first-order valence-corrected chi connectivity index (χ1v) is 10.2. The second-order valence-electron chi connectivity index (χ2n) is 7.06. The van der Waals surface area contributed by atoms with E-state index < -0.39 is 5.97 Å². The summed E-state index contributed by atoms with van der Waals surface area (Å²) in [5, 5.41) is 9.03. The van der Waals surface area contributed by atoms with Crippen LogP contribution in [0.2, 0.25) is 0 Å². The second-order valence-corrected chi connectivity index (χ2v) is 8.08. The Balaban J connectivity index is 1.91. The van der Waals surface area contributed by atoms with Gasteiger partial charge in [-0.25, -0.2) is 0 Å². The van der Waals surface area contributed by atoms with Gasteiger partial charge in [-0.2, -0.15) is 0 Å². The highest BCUT2D eigenvalue weighted by molar-refractivity contribution is 8.00. The summed E-state index contributed by atoms with van der Waals surface area (Å²) in [7, 11) is 0. The van der Waals surface area contributed by atoms with Gasteiger partial charge in [0.05, 0.1) is 5.75 Å². The van der Waals surface area contributed by atoms with Gasteiger partial charge in [0.2, 0.25) is 11.8 Å². The fourth-order valence-corrected chi connectivity index (χ4v) is 4.39. The Morgan fingerprint density at radius 3 is 2.59 bits per heavy atom. The molecule has 148 valence electrons. The number of benzene rings is 1. The number of amides is 2. The fourth-order valence-electron chi connectivity index (χ4n) is 3.48. The third-order valence-corrected chi connectivity index (χ3v) is 6.04. The molecular weight excluding hydrogens is 364 g/mol. The molecule has 1 aromatic rings. The highest BCUT2D eigenvalue weighted by atomic mass is 32.2. The molecule has 0 saturated carbocycles. The SMILES string of the molecule is CC(=O)N(CC(=O)O)C1CCCN(C(=O)CSc2ccc(C)cc2C)CC1. The van der Waals surface area contributed by atoms with Crippen molar-refractivity contribution in [3.8, 4) is 0 Å². The van der Waals surface area contributed by atoms with E-state index in [1.54, 1.807) is 11.8 Å². The normalized spacial score (nSPS) is 17.3. The Hall–Kier alpha value is -2.02. The Kier molecular flexibility index (Phi) is 7.71. The molecule has 1 fully saturated rings. The highest BCUT2D eigenvalue weighted by Crippen LogP contribution is 2.24. The number of aryl methyl sites for hydroxylation is 2. The summed E-state index contributed by atoms with van der Waals surface area (Å²) in [5.41, 5.74) is 2.38. The molecule has 1 N–H and O–H groups in total. The van der Waals surface area contributed by atoms with Gasteiger partial charge < -0.3 is 14.9 Å². The van der Waals surface area contributed by atoms with Crippen molar-refractivity contribution in [3.05, 3.63) is 29.3 Å². The first-order chi connectivity index (χ1) is 12.8. The van der Waals surface area contributed by atoms with Crippen molar-refractivity contribution < 1.29 is 19.5 Å². The third-order valence-electron chi connectivity index (χ3n) is 4.88. The number of carbonyl (C=O) groups excluding carboxylic acids is 2. The molecule has 7 heteroatoms. The van der Waals surface area contributed by atoms with E-state index in [1.165, 1.54) is 23.0 Å². The summed E-state index contributed by atoms with van der Waals surface area (Å²) < 4.78 is 0. The summed E-state index contributed by atoms with van der Waals surface area (Å²) >= 11 is 1.55. The van der Waals surface area contributed by atoms with E-state index in [0.29, 0.717) is 25.3 Å². The summed E-state index contributed by atoms with van der Waals surface area (Å²) in [5.74, 6) is -0.756. The van der Waals surface area contributed by atoms with Gasteiger partial charge in [-0.3, -0.25) is 14.4 Å². The largest absolute Gasteiger partial charge is 0.480 e. The minimum absolute atomic E-state index is 0.0910. The molecular formula is C20H28N2O4S. The maximum Gasteiger partial charge on any atom is 0.323 e. The quantitative estimate of drug-likeness (QED) is 0.753. The first kappa shape index (κ1) is 21.3. The molecule has 27 heavy (non-hydrogen) atoms. The van der Waals surface area contributed by atoms with E-state index in [-0.39, 0.29) is 24.4 Å². The van der Waals surface area contributed by atoms with E-state index >= 15 is 0 Å². The molecule has 2 amide bonds. The maximum absolute atomic E-state index is 12.6. The Labute approximate surface area is 164 Å². The Morgan fingerprint density at radius 1 is 1.22 bits per heavy atom. The number of likely N-dealkylation sites (tertiary alicyclic amines) is 1. The van der Waals surface area contributed by atoms with Crippen molar-refractivity contribution in [2.75, 3.05) is 25.4 Å². The van der Waals surface area contributed by atoms with Gasteiger partial charge in [-0.05, 0) is 44.7 Å². The molecule has 0 bridgehead atoms. The average Bonchev–Trinajstić information content (AvgIpc) is 2.84. The van der Waals surface area contributed by atoms with Crippen LogP contribution >= 0.6 is 11.8 Å². The van der Waals surface area contributed by atoms with Crippen molar-refractivity contribution >= 4 is 29.5 Å². The smallest absolute Gasteiger partial charge is 0.323 e. The van der Waals surface area contributed by atoms with E-state index in [2.05, 4.69) is 32.0 Å². The minimum atomic E-state index is -1.01. The zero-order valence-electron chi connectivity index (χ0n) is 16.2. The number of carboxylic acids is 1. The summed E-state index contributed by atoms with van der Waals surface area (Å²) in [6, 6.07) is 6.10. The molecule has 1 unspecified atom stereocenters. The highest BCUT2D eigenvalue weighted by Gasteiger charge is 2.27. The zero-order chi connectivity index (χ0) is 20.0. The Morgan fingerprint density at radius 2 is 1.96 bits per heavy atom. The number of rotatable bonds is 6. The number of thioether (sulfide) groups is 1. The van der Waals surface area contributed by atoms with Crippen LogP contribution in [-0.4, -0.2) is 64.1 Å². The predicted molar refractivity (Wildman–Crippen MR) is 106 cm³/mol. The molecule has 1 saturated heterocycles. The number of aliphatic carboxylic acids is 1. The van der Waals surface area contributed by atoms with E-state index in [0.717, 1.165) is 17.7 Å². The van der Waals surface area contributed by atoms with Gasteiger partial charge in [-0.1, -0.05) is 17.7 Å². The summed E-state index contributed by atoms with van der Waals surface area (Å²) in [4.78, 5) is 39.8. The van der Waals surface area contributed by atoms with Gasteiger partial charge in [0.15, 0.2) is 0 Å². The van der Waals surface area contributed by atoms with E-state index in [4.69, 9.17) is 5.11 Å². The second kappa shape index (κ2) is 9.78. The maximum atomic E-state index is 12.6. The lowest BCUT2D eigenvalue weighted by Crippen LogP contribution is -2.43. The molecule has 1 aliphatic rings. The van der Waals surface area contributed by atoms with Gasteiger partial charge in [0, 0.05) is 31.0 Å². The van der Waals surface area contributed by atoms with Crippen molar-refractivity contribution in [3.63, 3.8) is 0 Å². The zero-order valence-corrected chi connectivity index (χ0v) is 17.1. The number of nitrogens with zero attached hydrogens (tertiary/aromatic N) is 2. The molecule has 0 aliphatic carbocycles. The summed E-state index contributed by atoms with van der Waals surface area (Å²) in [6.07, 6.45) is 2.11. The molecule has 0 radical (unpaired) electrons. The van der Waals surface area contributed by atoms with Crippen LogP contribution in [0.25, 0.3) is 0 Å². The number of carboxylic acid groups (broad SMARTS) is 1. The van der Waals surface area contributed by atoms with Crippen molar-refractivity contribution in [1.29, 1.82) is 0 Å². The van der Waals surface area contributed by atoms with Gasteiger partial charge in [0.25, 0.3) is 0 Å². The van der Waals surface area contributed by atoms with Crippen molar-refractivity contribution in [2.24, 2.45) is 0 Å². The minimum Gasteiger partial charge on any atom is -0.480 e. The standard InChI is InChI=1S/C20H28N2O4S/c1-14-6-7-18(15(2)11-14)27-13-19(24)21-9-4-5-17(8-10-21)22(16(3)23)12-20(25)26/h6-7,11,17H,4-5,8-10,12-13H2,1-3H3,(H,25,26). The third kappa shape index (κ3) is 6.27. The molecule has 0 spiro atoms. The van der Waals surface area contributed by atoms with Gasteiger partial charge >= 0.3 is 5.97 Å². The molecule has 1 aromatic carbocycles. The molecule has 1 heterocycles. The number of hydrogen-bond acceptors (Lipinski definition) is 4. The average molecular weight is 393 g/mol. The molecule has 1 atom stereocenters. The van der Waals surface area contributed by atoms with Crippen molar-refractivity contribution in [1.82, 2.24) is 9.80 Å². The lowest BCUT2D eigenvalue weighted by Gasteiger charge is -2.28. The van der Waals surface area contributed by atoms with Crippen molar-refractivity contribution in [2.45, 2.75) is 51.0 Å². The van der Waals surface area contributed by atoms with Crippen LogP contribution in [0.15, 0.2) is 23.1 Å².